The van der Waals surface area contributed by atoms with Gasteiger partial charge in [0.2, 0.25) is 11.5 Å². The average Bonchev–Trinajstić information content (AvgIpc) is 2.51. The Morgan fingerprint density at radius 3 is 2.43 bits per heavy atom. The molecule has 1 heterocycles. The number of allylic oxidation sites excluding steroid dienone is 1. The molecule has 0 aliphatic rings. The summed E-state index contributed by atoms with van der Waals surface area (Å²) < 4.78 is 4.93. The fraction of sp³-hybridized carbons (Fsp3) is 0.111. The van der Waals surface area contributed by atoms with E-state index >= 15 is 0 Å². The number of hydrogen-bond acceptors (Lipinski definition) is 4. The molecule has 0 fully saturated rings. The maximum absolute atomic E-state index is 11.2. The van der Waals surface area contributed by atoms with Gasteiger partial charge < -0.3 is 14.6 Å². The topological polar surface area (TPSA) is 87.7 Å². The summed E-state index contributed by atoms with van der Waals surface area (Å²) in [6, 6.07) is 2.97. The van der Waals surface area contributed by atoms with Gasteiger partial charge in [-0.3, -0.25) is 4.79 Å². The van der Waals surface area contributed by atoms with E-state index in [2.05, 4.69) is 0 Å². The van der Waals surface area contributed by atoms with Crippen LogP contribution in [0.2, 0.25) is 0 Å². The highest BCUT2D eigenvalue weighted by Gasteiger charge is 2.11. The molecule has 0 unspecified atom stereocenters. The maximum Gasteiger partial charge on any atom is 0.371 e. The molecule has 1 aromatic heterocycles. The molecule has 0 saturated carbocycles. The van der Waals surface area contributed by atoms with Crippen LogP contribution >= 0.6 is 0 Å². The molecule has 0 aliphatic heterocycles. The third-order valence-electron chi connectivity index (χ3n) is 1.47. The second kappa shape index (κ2) is 3.78. The lowest BCUT2D eigenvalue weighted by Crippen LogP contribution is -2.03. The quantitative estimate of drug-likeness (QED) is 0.432. The monoisotopic (exact) mass is 196 g/mol. The van der Waals surface area contributed by atoms with Crippen molar-refractivity contribution >= 4 is 11.8 Å². The number of furan rings is 1. The molecule has 0 saturated heterocycles. The van der Waals surface area contributed by atoms with Crippen LogP contribution in [0.4, 0.5) is 0 Å². The molecule has 0 bridgehead atoms. The molecule has 5 heteroatoms. The number of carboxylic acid groups (broad SMARTS) is 1. The highest BCUT2D eigenvalue weighted by Crippen LogP contribution is 2.08. The van der Waals surface area contributed by atoms with Crippen molar-refractivity contribution in [1.82, 2.24) is 0 Å². The summed E-state index contributed by atoms with van der Waals surface area (Å²) in [6.07, 6.45) is 0.598. The molecule has 1 rings (SSSR count). The van der Waals surface area contributed by atoms with E-state index in [1.807, 2.05) is 0 Å². The van der Waals surface area contributed by atoms with Crippen molar-refractivity contribution in [2.75, 3.05) is 0 Å². The van der Waals surface area contributed by atoms with Crippen LogP contribution in [0.25, 0.3) is 0 Å². The molecule has 14 heavy (non-hydrogen) atoms. The molecule has 0 radical (unpaired) electrons. The average molecular weight is 196 g/mol. The largest absolute Gasteiger partial charge is 0.502 e. The first-order valence-corrected chi connectivity index (χ1v) is 3.75. The van der Waals surface area contributed by atoms with Crippen molar-refractivity contribution in [2.45, 2.75) is 6.92 Å². The van der Waals surface area contributed by atoms with Crippen LogP contribution in [0.15, 0.2) is 28.4 Å². The van der Waals surface area contributed by atoms with Gasteiger partial charge in [0.25, 0.3) is 0 Å². The fourth-order valence-corrected chi connectivity index (χ4v) is 0.824. The molecule has 2 N–H and O–H groups in total. The first-order chi connectivity index (χ1) is 6.50. The van der Waals surface area contributed by atoms with Crippen LogP contribution in [0.1, 0.15) is 16.3 Å². The summed E-state index contributed by atoms with van der Waals surface area (Å²) in [5.41, 5.74) is 0. The molecule has 0 amide bonds. The van der Waals surface area contributed by atoms with Crippen molar-refractivity contribution in [3.05, 3.63) is 35.5 Å². The van der Waals surface area contributed by atoms with E-state index in [1.165, 1.54) is 6.07 Å². The maximum atomic E-state index is 11.2. The minimum atomic E-state index is -1.55. The standard InChI is InChI=1S/C9H8O5/c1-5-2-3-8(14-5)6(10)4-7(11)9(12)13/h2-4,11H,1H3,(H,12,13). The van der Waals surface area contributed by atoms with Gasteiger partial charge in [-0.1, -0.05) is 0 Å². The van der Waals surface area contributed by atoms with Gasteiger partial charge in [-0.05, 0) is 19.1 Å². The van der Waals surface area contributed by atoms with Crippen molar-refractivity contribution in [2.24, 2.45) is 0 Å². The molecule has 1 aromatic rings. The number of rotatable bonds is 3. The van der Waals surface area contributed by atoms with Gasteiger partial charge in [0, 0.05) is 6.08 Å². The number of aryl methyl sites for hydroxylation is 1. The van der Waals surface area contributed by atoms with Gasteiger partial charge in [-0.15, -0.1) is 0 Å². The number of carbonyl (C=O) groups excluding carboxylic acids is 1. The Morgan fingerprint density at radius 1 is 1.36 bits per heavy atom. The zero-order chi connectivity index (χ0) is 10.7. The molecule has 74 valence electrons. The van der Waals surface area contributed by atoms with E-state index in [4.69, 9.17) is 14.6 Å². The summed E-state index contributed by atoms with van der Waals surface area (Å²) in [4.78, 5) is 21.3. The first-order valence-electron chi connectivity index (χ1n) is 3.75. The van der Waals surface area contributed by atoms with Crippen molar-refractivity contribution < 1.29 is 24.2 Å². The van der Waals surface area contributed by atoms with E-state index in [-0.39, 0.29) is 5.76 Å². The van der Waals surface area contributed by atoms with Crippen LogP contribution < -0.4 is 0 Å². The third kappa shape index (κ3) is 2.22. The second-order valence-electron chi connectivity index (χ2n) is 2.61. The highest BCUT2D eigenvalue weighted by molar-refractivity contribution is 6.06. The van der Waals surface area contributed by atoms with Gasteiger partial charge in [0.05, 0.1) is 0 Å². The van der Waals surface area contributed by atoms with Gasteiger partial charge in [0.1, 0.15) is 5.76 Å². The zero-order valence-corrected chi connectivity index (χ0v) is 7.35. The van der Waals surface area contributed by atoms with Gasteiger partial charge in [-0.25, -0.2) is 4.79 Å². The molecule has 0 atom stereocenters. The summed E-state index contributed by atoms with van der Waals surface area (Å²) in [5, 5.41) is 17.0. The Morgan fingerprint density at radius 2 is 2.00 bits per heavy atom. The second-order valence-corrected chi connectivity index (χ2v) is 2.61. The Labute approximate surface area is 79.3 Å². The number of ketones is 1. The number of aliphatic hydroxyl groups excluding tert-OH is 1. The molecule has 5 nitrogen and oxygen atoms in total. The van der Waals surface area contributed by atoms with Gasteiger partial charge in [-0.2, -0.15) is 0 Å². The van der Waals surface area contributed by atoms with E-state index in [0.29, 0.717) is 11.8 Å². The predicted molar refractivity (Wildman–Crippen MR) is 46.1 cm³/mol. The molecule has 0 spiro atoms. The van der Waals surface area contributed by atoms with Crippen molar-refractivity contribution in [3.63, 3.8) is 0 Å². The minimum absolute atomic E-state index is 0.00435. The lowest BCUT2D eigenvalue weighted by Gasteiger charge is -1.91. The van der Waals surface area contributed by atoms with E-state index in [1.54, 1.807) is 13.0 Å². The van der Waals surface area contributed by atoms with Crippen LogP contribution in [0.3, 0.4) is 0 Å². The lowest BCUT2D eigenvalue weighted by atomic mass is 10.2. The Bertz CT molecular complexity index is 399. The van der Waals surface area contributed by atoms with Crippen molar-refractivity contribution in [3.8, 4) is 0 Å². The molecule has 0 aliphatic carbocycles. The zero-order valence-electron chi connectivity index (χ0n) is 7.35. The number of aliphatic hydroxyl groups is 1. The van der Waals surface area contributed by atoms with E-state index in [9.17, 15) is 9.59 Å². The van der Waals surface area contributed by atoms with Crippen molar-refractivity contribution in [1.29, 1.82) is 0 Å². The van der Waals surface area contributed by atoms with E-state index < -0.39 is 17.5 Å². The molecular formula is C9H8O5. The minimum Gasteiger partial charge on any atom is -0.502 e. The number of aliphatic carboxylic acids is 1. The Kier molecular flexibility index (Phi) is 2.71. The fourth-order valence-electron chi connectivity index (χ4n) is 0.824. The SMILES string of the molecule is Cc1ccc(C(=O)C=C(O)C(=O)O)o1. The summed E-state index contributed by atoms with van der Waals surface area (Å²) in [7, 11) is 0. The van der Waals surface area contributed by atoms with Crippen LogP contribution in [-0.4, -0.2) is 22.0 Å². The third-order valence-corrected chi connectivity index (χ3v) is 1.47. The van der Waals surface area contributed by atoms with Gasteiger partial charge >= 0.3 is 5.97 Å². The Balaban J connectivity index is 2.87. The number of carbonyl (C=O) groups is 2. The highest BCUT2D eigenvalue weighted by atomic mass is 16.4. The van der Waals surface area contributed by atoms with E-state index in [0.717, 1.165) is 0 Å². The smallest absolute Gasteiger partial charge is 0.371 e. The summed E-state index contributed by atoms with van der Waals surface area (Å²) in [6.45, 7) is 1.65. The number of hydrogen-bond donors (Lipinski definition) is 2. The summed E-state index contributed by atoms with van der Waals surface area (Å²) >= 11 is 0. The molecule has 0 aromatic carbocycles. The molecular weight excluding hydrogens is 188 g/mol. The number of carboxylic acids is 1. The first kappa shape index (κ1) is 10.0. The Hall–Kier alpha value is -2.04. The van der Waals surface area contributed by atoms with Crippen LogP contribution in [-0.2, 0) is 4.79 Å². The van der Waals surface area contributed by atoms with Crippen LogP contribution in [0, 0.1) is 6.92 Å². The normalized spacial score (nSPS) is 11.4. The lowest BCUT2D eigenvalue weighted by molar-refractivity contribution is -0.135. The van der Waals surface area contributed by atoms with Crippen LogP contribution in [0.5, 0.6) is 0 Å². The summed E-state index contributed by atoms with van der Waals surface area (Å²) in [5.74, 6) is -2.71. The van der Waals surface area contributed by atoms with Gasteiger partial charge in [0.15, 0.2) is 5.76 Å². The predicted octanol–water partition coefficient (Wildman–Crippen LogP) is 1.30.